The summed E-state index contributed by atoms with van der Waals surface area (Å²) in [6.07, 6.45) is 3.33. The van der Waals surface area contributed by atoms with Gasteiger partial charge in [-0.15, -0.1) is 0 Å². The predicted octanol–water partition coefficient (Wildman–Crippen LogP) is 0.154. The van der Waals surface area contributed by atoms with Gasteiger partial charge in [-0.05, 0) is 12.8 Å². The van der Waals surface area contributed by atoms with Gasteiger partial charge in [0.25, 0.3) is 0 Å². The molecule has 2 fully saturated rings. The smallest absolute Gasteiger partial charge is 0.0936 e. The molecule has 3 heteroatoms. The largest absolute Gasteiger partial charge is 0.377 e. The fourth-order valence-corrected chi connectivity index (χ4v) is 1.24. The van der Waals surface area contributed by atoms with E-state index < -0.39 is 0 Å². The fraction of sp³-hybridized carbons (Fsp3) is 1.00. The van der Waals surface area contributed by atoms with Crippen molar-refractivity contribution in [1.82, 2.24) is 5.32 Å². The van der Waals surface area contributed by atoms with Crippen LogP contribution in [0, 0.1) is 0 Å². The zero-order valence-electron chi connectivity index (χ0n) is 6.71. The first kappa shape index (κ1) is 7.53. The lowest BCUT2D eigenvalue weighted by Crippen LogP contribution is -2.30. The van der Waals surface area contributed by atoms with Crippen LogP contribution in [0.15, 0.2) is 0 Å². The second kappa shape index (κ2) is 3.52. The summed E-state index contributed by atoms with van der Waals surface area (Å²) in [5, 5.41) is 3.28. The minimum absolute atomic E-state index is 0.296. The first-order chi connectivity index (χ1) is 5.45. The molecule has 0 radical (unpaired) electrons. The van der Waals surface area contributed by atoms with E-state index in [0.717, 1.165) is 26.3 Å². The summed E-state index contributed by atoms with van der Waals surface area (Å²) in [7, 11) is 0. The monoisotopic (exact) mass is 157 g/mol. The van der Waals surface area contributed by atoms with Gasteiger partial charge in [-0.25, -0.2) is 0 Å². The van der Waals surface area contributed by atoms with Crippen LogP contribution < -0.4 is 5.32 Å². The van der Waals surface area contributed by atoms with Gasteiger partial charge in [0.2, 0.25) is 0 Å². The normalized spacial score (nSPS) is 33.3. The maximum absolute atomic E-state index is 5.69. The Morgan fingerprint density at radius 2 is 2.18 bits per heavy atom. The van der Waals surface area contributed by atoms with E-state index in [9.17, 15) is 0 Å². The van der Waals surface area contributed by atoms with E-state index in [4.69, 9.17) is 9.47 Å². The third-order valence-electron chi connectivity index (χ3n) is 2.01. The number of hydrogen-bond donors (Lipinski definition) is 1. The highest BCUT2D eigenvalue weighted by atomic mass is 16.5. The Balaban J connectivity index is 1.71. The molecule has 1 N–H and O–H groups in total. The highest BCUT2D eigenvalue weighted by Crippen LogP contribution is 2.25. The zero-order chi connectivity index (χ0) is 7.52. The van der Waals surface area contributed by atoms with E-state index in [1.165, 1.54) is 12.8 Å². The molecular formula is C8H15NO2. The van der Waals surface area contributed by atoms with Crippen LogP contribution in [-0.4, -0.2) is 38.5 Å². The summed E-state index contributed by atoms with van der Waals surface area (Å²) in [6.45, 7) is 3.51. The Kier molecular flexibility index (Phi) is 2.41. The molecule has 0 aromatic carbocycles. The number of hydrogen-bond acceptors (Lipinski definition) is 3. The Morgan fingerprint density at radius 3 is 3.00 bits per heavy atom. The van der Waals surface area contributed by atoms with Crippen molar-refractivity contribution in [2.45, 2.75) is 25.0 Å². The maximum Gasteiger partial charge on any atom is 0.0936 e. The molecule has 0 amide bonds. The molecule has 1 heterocycles. The van der Waals surface area contributed by atoms with Crippen LogP contribution in [-0.2, 0) is 9.47 Å². The highest BCUT2D eigenvalue weighted by molar-refractivity contribution is 4.77. The maximum atomic E-state index is 5.69. The zero-order valence-corrected chi connectivity index (χ0v) is 6.71. The van der Waals surface area contributed by atoms with Crippen LogP contribution in [0.4, 0.5) is 0 Å². The van der Waals surface area contributed by atoms with Gasteiger partial charge in [0.05, 0.1) is 25.4 Å². The molecule has 1 saturated carbocycles. The van der Waals surface area contributed by atoms with Gasteiger partial charge in [-0.3, -0.25) is 0 Å². The molecule has 1 unspecified atom stereocenters. The quantitative estimate of drug-likeness (QED) is 0.619. The molecule has 0 spiro atoms. The standard InChI is InChI=1S/C8H15NO2/c1-2-7(1)11-8-5-9-3-4-10-6-8/h7-9H,1-6H2. The molecule has 0 aromatic rings. The van der Waals surface area contributed by atoms with Gasteiger partial charge in [0, 0.05) is 13.1 Å². The fourth-order valence-electron chi connectivity index (χ4n) is 1.24. The number of nitrogens with one attached hydrogen (secondary N) is 1. The topological polar surface area (TPSA) is 30.5 Å². The van der Waals surface area contributed by atoms with Crippen LogP contribution in [0.5, 0.6) is 0 Å². The minimum Gasteiger partial charge on any atom is -0.377 e. The van der Waals surface area contributed by atoms with Crippen LogP contribution in [0.25, 0.3) is 0 Å². The molecule has 1 aliphatic heterocycles. The highest BCUT2D eigenvalue weighted by Gasteiger charge is 2.26. The lowest BCUT2D eigenvalue weighted by molar-refractivity contribution is -0.00911. The minimum atomic E-state index is 0.296. The van der Waals surface area contributed by atoms with Gasteiger partial charge in [0.1, 0.15) is 0 Å². The summed E-state index contributed by atoms with van der Waals surface area (Å²) in [6, 6.07) is 0. The average molecular weight is 157 g/mol. The Morgan fingerprint density at radius 1 is 1.27 bits per heavy atom. The van der Waals surface area contributed by atoms with Crippen molar-refractivity contribution in [2.24, 2.45) is 0 Å². The molecule has 64 valence electrons. The van der Waals surface area contributed by atoms with Gasteiger partial charge in [-0.2, -0.15) is 0 Å². The van der Waals surface area contributed by atoms with Gasteiger partial charge >= 0.3 is 0 Å². The summed E-state index contributed by atoms with van der Waals surface area (Å²) in [4.78, 5) is 0. The molecule has 0 bridgehead atoms. The summed E-state index contributed by atoms with van der Waals surface area (Å²) < 4.78 is 11.0. The summed E-state index contributed by atoms with van der Waals surface area (Å²) in [5.41, 5.74) is 0. The molecule has 1 aliphatic carbocycles. The van der Waals surface area contributed by atoms with Gasteiger partial charge < -0.3 is 14.8 Å². The molecule has 1 saturated heterocycles. The average Bonchev–Trinajstić information content (AvgIpc) is 2.77. The van der Waals surface area contributed by atoms with Crippen LogP contribution >= 0.6 is 0 Å². The molecule has 3 nitrogen and oxygen atoms in total. The SMILES string of the molecule is C1COCC(OC2CC2)CN1. The van der Waals surface area contributed by atoms with Crippen LogP contribution in [0.2, 0.25) is 0 Å². The van der Waals surface area contributed by atoms with Gasteiger partial charge in [-0.1, -0.05) is 0 Å². The first-order valence-electron chi connectivity index (χ1n) is 4.39. The third kappa shape index (κ3) is 2.43. The van der Waals surface area contributed by atoms with Crippen LogP contribution in [0.1, 0.15) is 12.8 Å². The Labute approximate surface area is 67.1 Å². The number of rotatable bonds is 2. The van der Waals surface area contributed by atoms with E-state index >= 15 is 0 Å². The molecule has 2 aliphatic rings. The van der Waals surface area contributed by atoms with E-state index in [1.54, 1.807) is 0 Å². The third-order valence-corrected chi connectivity index (χ3v) is 2.01. The van der Waals surface area contributed by atoms with Crippen molar-refractivity contribution >= 4 is 0 Å². The lowest BCUT2D eigenvalue weighted by Gasteiger charge is -2.13. The molecule has 0 aromatic heterocycles. The summed E-state index contributed by atoms with van der Waals surface area (Å²) >= 11 is 0. The number of ether oxygens (including phenoxy) is 2. The van der Waals surface area contributed by atoms with Crippen molar-refractivity contribution in [2.75, 3.05) is 26.3 Å². The van der Waals surface area contributed by atoms with Crippen molar-refractivity contribution in [3.8, 4) is 0 Å². The van der Waals surface area contributed by atoms with Crippen molar-refractivity contribution in [1.29, 1.82) is 0 Å². The molecular weight excluding hydrogens is 142 g/mol. The predicted molar refractivity (Wildman–Crippen MR) is 41.6 cm³/mol. The van der Waals surface area contributed by atoms with E-state index in [2.05, 4.69) is 5.32 Å². The summed E-state index contributed by atoms with van der Waals surface area (Å²) in [5.74, 6) is 0. The van der Waals surface area contributed by atoms with Crippen molar-refractivity contribution in [3.63, 3.8) is 0 Å². The van der Waals surface area contributed by atoms with Crippen molar-refractivity contribution < 1.29 is 9.47 Å². The molecule has 11 heavy (non-hydrogen) atoms. The Bertz CT molecular complexity index is 117. The van der Waals surface area contributed by atoms with Crippen LogP contribution in [0.3, 0.4) is 0 Å². The van der Waals surface area contributed by atoms with E-state index in [0.29, 0.717) is 12.2 Å². The molecule has 2 rings (SSSR count). The lowest BCUT2D eigenvalue weighted by atomic mass is 10.4. The molecule has 1 atom stereocenters. The van der Waals surface area contributed by atoms with Crippen molar-refractivity contribution in [3.05, 3.63) is 0 Å². The second-order valence-corrected chi connectivity index (χ2v) is 3.24. The first-order valence-corrected chi connectivity index (χ1v) is 4.39. The van der Waals surface area contributed by atoms with E-state index in [1.807, 2.05) is 0 Å². The van der Waals surface area contributed by atoms with Gasteiger partial charge in [0.15, 0.2) is 0 Å². The second-order valence-electron chi connectivity index (χ2n) is 3.24. The van der Waals surface area contributed by atoms with E-state index in [-0.39, 0.29) is 0 Å². The Hall–Kier alpha value is -0.120.